The number of hydrogen-bond acceptors (Lipinski definition) is 2. The van der Waals surface area contributed by atoms with Crippen molar-refractivity contribution >= 4 is 10.9 Å². The lowest BCUT2D eigenvalue weighted by atomic mass is 9.65. The first-order valence-electron chi connectivity index (χ1n) is 5.20. The summed E-state index contributed by atoms with van der Waals surface area (Å²) in [5, 5.41) is 17.4. The Balaban J connectivity index is 2.27. The highest BCUT2D eigenvalue weighted by Crippen LogP contribution is 2.44. The van der Waals surface area contributed by atoms with Gasteiger partial charge in [-0.2, -0.15) is 10.4 Å². The first-order chi connectivity index (χ1) is 7.36. The molecule has 1 aliphatic carbocycles. The van der Waals surface area contributed by atoms with Crippen LogP contribution in [0.3, 0.4) is 0 Å². The van der Waals surface area contributed by atoms with Crippen LogP contribution in [0.4, 0.5) is 0 Å². The minimum absolute atomic E-state index is 0.258. The maximum atomic E-state index is 9.30. The molecule has 0 aliphatic heterocycles. The van der Waals surface area contributed by atoms with Crippen molar-refractivity contribution in [3.8, 4) is 6.07 Å². The molecule has 3 heteroatoms. The Bertz CT molecular complexity index is 543. The van der Waals surface area contributed by atoms with Gasteiger partial charge in [0.15, 0.2) is 0 Å². The summed E-state index contributed by atoms with van der Waals surface area (Å²) in [6, 6.07) is 8.53. The molecule has 15 heavy (non-hydrogen) atoms. The summed E-state index contributed by atoms with van der Waals surface area (Å²) in [7, 11) is 0. The van der Waals surface area contributed by atoms with Crippen LogP contribution >= 0.6 is 0 Å². The number of nitriles is 1. The van der Waals surface area contributed by atoms with Crippen LogP contribution in [-0.4, -0.2) is 10.2 Å². The molecule has 3 nitrogen and oxygen atoms in total. The van der Waals surface area contributed by atoms with E-state index in [0.717, 1.165) is 35.7 Å². The molecule has 0 spiro atoms. The monoisotopic (exact) mass is 197 g/mol. The number of H-pyrrole nitrogens is 1. The molecule has 1 saturated carbocycles. The van der Waals surface area contributed by atoms with Crippen molar-refractivity contribution in [1.82, 2.24) is 10.2 Å². The zero-order chi connectivity index (χ0) is 10.3. The van der Waals surface area contributed by atoms with Gasteiger partial charge in [-0.15, -0.1) is 0 Å². The van der Waals surface area contributed by atoms with E-state index in [1.54, 1.807) is 0 Å². The number of nitrogens with zero attached hydrogens (tertiary/aromatic N) is 2. The van der Waals surface area contributed by atoms with Crippen LogP contribution in [0.1, 0.15) is 24.8 Å². The second-order valence-electron chi connectivity index (χ2n) is 4.19. The van der Waals surface area contributed by atoms with Crippen molar-refractivity contribution in [3.63, 3.8) is 0 Å². The van der Waals surface area contributed by atoms with Gasteiger partial charge in [-0.05, 0) is 24.8 Å². The Kier molecular flexibility index (Phi) is 1.60. The Labute approximate surface area is 87.7 Å². The Hall–Kier alpha value is -1.82. The summed E-state index contributed by atoms with van der Waals surface area (Å²) in [6.45, 7) is 0. The van der Waals surface area contributed by atoms with Crippen LogP contribution in [0.15, 0.2) is 24.4 Å². The highest BCUT2D eigenvalue weighted by Gasteiger charge is 2.40. The molecule has 0 saturated heterocycles. The van der Waals surface area contributed by atoms with Crippen molar-refractivity contribution in [1.29, 1.82) is 5.26 Å². The molecule has 0 bridgehead atoms. The molecule has 1 aromatic carbocycles. The highest BCUT2D eigenvalue weighted by molar-refractivity contribution is 5.83. The van der Waals surface area contributed by atoms with Crippen molar-refractivity contribution in [2.75, 3.05) is 0 Å². The molecule has 0 atom stereocenters. The van der Waals surface area contributed by atoms with E-state index in [0.29, 0.717) is 0 Å². The normalized spacial score (nSPS) is 18.3. The third kappa shape index (κ3) is 1.02. The summed E-state index contributed by atoms with van der Waals surface area (Å²) in [5.41, 5.74) is 1.89. The fraction of sp³-hybridized carbons (Fsp3) is 0.333. The lowest BCUT2D eigenvalue weighted by Crippen LogP contribution is -2.32. The predicted molar refractivity (Wildman–Crippen MR) is 57.2 cm³/mol. The molecule has 3 rings (SSSR count). The van der Waals surface area contributed by atoms with Gasteiger partial charge in [-0.3, -0.25) is 5.10 Å². The van der Waals surface area contributed by atoms with E-state index in [9.17, 15) is 5.26 Å². The van der Waals surface area contributed by atoms with Crippen LogP contribution < -0.4 is 0 Å². The van der Waals surface area contributed by atoms with E-state index in [-0.39, 0.29) is 5.41 Å². The average molecular weight is 197 g/mol. The van der Waals surface area contributed by atoms with E-state index < -0.39 is 0 Å². The van der Waals surface area contributed by atoms with Crippen LogP contribution in [0.25, 0.3) is 10.9 Å². The van der Waals surface area contributed by atoms with Crippen molar-refractivity contribution < 1.29 is 0 Å². The number of benzene rings is 1. The molecule has 0 radical (unpaired) electrons. The van der Waals surface area contributed by atoms with E-state index >= 15 is 0 Å². The molecule has 1 aliphatic rings. The number of para-hydroxylation sites is 1. The lowest BCUT2D eigenvalue weighted by Gasteiger charge is -2.35. The van der Waals surface area contributed by atoms with E-state index in [2.05, 4.69) is 16.3 Å². The van der Waals surface area contributed by atoms with Crippen molar-refractivity contribution in [2.45, 2.75) is 24.7 Å². The summed E-state index contributed by atoms with van der Waals surface area (Å²) >= 11 is 0. The number of fused-ring (bicyclic) bond motifs is 1. The zero-order valence-electron chi connectivity index (χ0n) is 8.33. The van der Waals surface area contributed by atoms with Gasteiger partial charge in [0.2, 0.25) is 0 Å². The van der Waals surface area contributed by atoms with Crippen molar-refractivity contribution in [2.24, 2.45) is 0 Å². The number of rotatable bonds is 1. The van der Waals surface area contributed by atoms with E-state index in [4.69, 9.17) is 0 Å². The van der Waals surface area contributed by atoms with Crippen LogP contribution in [0, 0.1) is 11.3 Å². The maximum Gasteiger partial charge on any atom is 0.0843 e. The molecule has 1 heterocycles. The molecular formula is C12H11N3. The molecule has 0 unspecified atom stereocenters. The largest absolute Gasteiger partial charge is 0.277 e. The van der Waals surface area contributed by atoms with Gasteiger partial charge >= 0.3 is 0 Å². The quantitative estimate of drug-likeness (QED) is 0.763. The third-order valence-electron chi connectivity index (χ3n) is 3.41. The number of hydrogen-bond donors (Lipinski definition) is 1. The second kappa shape index (κ2) is 2.83. The molecule has 1 aromatic heterocycles. The van der Waals surface area contributed by atoms with Crippen LogP contribution in [0.2, 0.25) is 0 Å². The maximum absolute atomic E-state index is 9.30. The summed E-state index contributed by atoms with van der Waals surface area (Å²) < 4.78 is 0. The summed E-state index contributed by atoms with van der Waals surface area (Å²) in [6.07, 6.45) is 4.91. The molecule has 0 amide bonds. The van der Waals surface area contributed by atoms with Crippen LogP contribution in [-0.2, 0) is 5.41 Å². The molecule has 74 valence electrons. The van der Waals surface area contributed by atoms with Gasteiger partial charge in [0, 0.05) is 5.39 Å². The lowest BCUT2D eigenvalue weighted by molar-refractivity contribution is 0.326. The fourth-order valence-electron chi connectivity index (χ4n) is 2.34. The Morgan fingerprint density at radius 1 is 1.40 bits per heavy atom. The summed E-state index contributed by atoms with van der Waals surface area (Å²) in [5.74, 6) is 0. The summed E-state index contributed by atoms with van der Waals surface area (Å²) in [4.78, 5) is 0. The minimum atomic E-state index is -0.258. The van der Waals surface area contributed by atoms with Gasteiger partial charge in [-0.1, -0.05) is 18.2 Å². The van der Waals surface area contributed by atoms with Crippen LogP contribution in [0.5, 0.6) is 0 Å². The molecular weight excluding hydrogens is 186 g/mol. The second-order valence-corrected chi connectivity index (χ2v) is 4.19. The Morgan fingerprint density at radius 3 is 2.93 bits per heavy atom. The van der Waals surface area contributed by atoms with Gasteiger partial charge in [0.05, 0.1) is 23.2 Å². The third-order valence-corrected chi connectivity index (χ3v) is 3.41. The fourth-order valence-corrected chi connectivity index (χ4v) is 2.34. The predicted octanol–water partition coefficient (Wildman–Crippen LogP) is 2.51. The topological polar surface area (TPSA) is 52.5 Å². The van der Waals surface area contributed by atoms with Gasteiger partial charge in [-0.25, -0.2) is 0 Å². The smallest absolute Gasteiger partial charge is 0.0843 e. The molecule has 1 fully saturated rings. The SMILES string of the molecule is N#CC1(c2cccc3cn[nH]c23)CCC1. The first kappa shape index (κ1) is 8.49. The number of aromatic nitrogens is 2. The Morgan fingerprint density at radius 2 is 2.27 bits per heavy atom. The minimum Gasteiger partial charge on any atom is -0.277 e. The van der Waals surface area contributed by atoms with Crippen molar-refractivity contribution in [3.05, 3.63) is 30.0 Å². The average Bonchev–Trinajstić information content (AvgIpc) is 2.65. The van der Waals surface area contributed by atoms with Gasteiger partial charge < -0.3 is 0 Å². The van der Waals surface area contributed by atoms with Gasteiger partial charge in [0.25, 0.3) is 0 Å². The standard InChI is InChI=1S/C12H11N3/c13-8-12(5-2-6-12)10-4-1-3-9-7-14-15-11(9)10/h1,3-4,7H,2,5-6H2,(H,14,15). The molecule has 2 aromatic rings. The zero-order valence-corrected chi connectivity index (χ0v) is 8.33. The van der Waals surface area contributed by atoms with Gasteiger partial charge in [0.1, 0.15) is 0 Å². The van der Waals surface area contributed by atoms with E-state index in [1.165, 1.54) is 0 Å². The number of nitrogens with one attached hydrogen (secondary N) is 1. The van der Waals surface area contributed by atoms with E-state index in [1.807, 2.05) is 24.4 Å². The molecule has 1 N–H and O–H groups in total. The first-order valence-corrected chi connectivity index (χ1v) is 5.20. The highest BCUT2D eigenvalue weighted by atomic mass is 15.1. The number of aromatic amines is 1.